The number of rotatable bonds is 5. The molecule has 0 aliphatic carbocycles. The molecule has 1 aromatic carbocycles. The molecule has 0 bridgehead atoms. The molecule has 0 N–H and O–H groups in total. The fourth-order valence-corrected chi connectivity index (χ4v) is 2.76. The van der Waals surface area contributed by atoms with Gasteiger partial charge in [-0.2, -0.15) is 5.10 Å². The number of hydrogen-bond acceptors (Lipinski definition) is 5. The molecule has 3 rings (SSSR count). The topological polar surface area (TPSA) is 67.7 Å². The third-order valence-corrected chi connectivity index (χ3v) is 4.23. The minimum absolute atomic E-state index is 0.0493. The van der Waals surface area contributed by atoms with Crippen LogP contribution >= 0.6 is 0 Å². The molecule has 7 heteroatoms. The minimum atomic E-state index is -0.304. The van der Waals surface area contributed by atoms with Gasteiger partial charge in [0.15, 0.2) is 5.78 Å². The van der Waals surface area contributed by atoms with Gasteiger partial charge in [-0.05, 0) is 5.56 Å². The lowest BCUT2D eigenvalue weighted by molar-refractivity contribution is 0.0678. The molecular weight excluding hydrogens is 320 g/mol. The minimum Gasteiger partial charge on any atom is -0.445 e. The number of nitrogens with zero attached hydrogens (tertiary/aromatic N) is 4. The molecule has 0 unspecified atom stereocenters. The van der Waals surface area contributed by atoms with Crippen LogP contribution in [0.25, 0.3) is 0 Å². The zero-order valence-corrected chi connectivity index (χ0v) is 14.3. The van der Waals surface area contributed by atoms with Crippen molar-refractivity contribution in [3.63, 3.8) is 0 Å². The summed E-state index contributed by atoms with van der Waals surface area (Å²) in [4.78, 5) is 28.1. The average Bonchev–Trinajstić information content (AvgIpc) is 3.08. The Morgan fingerprint density at radius 1 is 1.12 bits per heavy atom. The van der Waals surface area contributed by atoms with Gasteiger partial charge in [-0.15, -0.1) is 0 Å². The number of amides is 1. The quantitative estimate of drug-likeness (QED) is 0.772. The summed E-state index contributed by atoms with van der Waals surface area (Å²) in [5, 5.41) is 4.02. The van der Waals surface area contributed by atoms with E-state index in [2.05, 4.69) is 10.00 Å². The van der Waals surface area contributed by atoms with Crippen molar-refractivity contribution in [2.24, 2.45) is 7.05 Å². The molecular formula is C18H22N4O3. The van der Waals surface area contributed by atoms with Crippen LogP contribution in [0, 0.1) is 0 Å². The third kappa shape index (κ3) is 4.67. The maximum absolute atomic E-state index is 12.2. The standard InChI is InChI=1S/C18H22N4O3/c1-20-12-16(11-19-20)17(23)13-21-7-9-22(10-8-21)18(24)25-14-15-5-3-2-4-6-15/h2-6,11-12H,7-10,13-14H2,1H3. The van der Waals surface area contributed by atoms with Crippen LogP contribution in [0.2, 0.25) is 0 Å². The van der Waals surface area contributed by atoms with E-state index in [1.54, 1.807) is 29.0 Å². The molecule has 0 saturated carbocycles. The number of carbonyl (C=O) groups excluding carboxylic acids is 2. The zero-order chi connectivity index (χ0) is 17.6. The van der Waals surface area contributed by atoms with Crippen molar-refractivity contribution in [1.82, 2.24) is 19.6 Å². The monoisotopic (exact) mass is 342 g/mol. The van der Waals surface area contributed by atoms with Crippen molar-refractivity contribution < 1.29 is 14.3 Å². The molecule has 1 fully saturated rings. The van der Waals surface area contributed by atoms with Crippen LogP contribution in [0.5, 0.6) is 0 Å². The first kappa shape index (κ1) is 17.2. The SMILES string of the molecule is Cn1cc(C(=O)CN2CCN(C(=O)OCc3ccccc3)CC2)cn1. The molecule has 0 spiro atoms. The van der Waals surface area contributed by atoms with E-state index in [1.807, 2.05) is 30.3 Å². The molecule has 7 nitrogen and oxygen atoms in total. The maximum atomic E-state index is 12.2. The first-order valence-corrected chi connectivity index (χ1v) is 8.31. The first-order chi connectivity index (χ1) is 12.1. The fourth-order valence-electron chi connectivity index (χ4n) is 2.76. The normalized spacial score (nSPS) is 15.2. The summed E-state index contributed by atoms with van der Waals surface area (Å²) < 4.78 is 6.97. The second kappa shape index (κ2) is 7.94. The zero-order valence-electron chi connectivity index (χ0n) is 14.3. The number of ketones is 1. The van der Waals surface area contributed by atoms with Gasteiger partial charge in [-0.1, -0.05) is 30.3 Å². The molecule has 0 radical (unpaired) electrons. The van der Waals surface area contributed by atoms with E-state index in [9.17, 15) is 9.59 Å². The molecule has 2 aromatic rings. The molecule has 1 aliphatic rings. The Labute approximate surface area is 146 Å². The lowest BCUT2D eigenvalue weighted by Crippen LogP contribution is -2.50. The highest BCUT2D eigenvalue weighted by Gasteiger charge is 2.24. The summed E-state index contributed by atoms with van der Waals surface area (Å²) in [6.45, 7) is 3.07. The molecule has 1 aliphatic heterocycles. The van der Waals surface area contributed by atoms with Crippen LogP contribution in [0.1, 0.15) is 15.9 Å². The van der Waals surface area contributed by atoms with Gasteiger partial charge in [0.05, 0.1) is 18.3 Å². The van der Waals surface area contributed by atoms with E-state index in [-0.39, 0.29) is 18.5 Å². The van der Waals surface area contributed by atoms with E-state index >= 15 is 0 Å². The number of hydrogen-bond donors (Lipinski definition) is 0. The number of Topliss-reactive ketones (excluding diaryl/α,β-unsaturated/α-hetero) is 1. The molecule has 1 saturated heterocycles. The van der Waals surface area contributed by atoms with Gasteiger partial charge in [0.1, 0.15) is 6.61 Å². The molecule has 25 heavy (non-hydrogen) atoms. The fraction of sp³-hybridized carbons (Fsp3) is 0.389. The van der Waals surface area contributed by atoms with E-state index in [0.29, 0.717) is 38.3 Å². The Morgan fingerprint density at radius 3 is 2.48 bits per heavy atom. The third-order valence-electron chi connectivity index (χ3n) is 4.23. The number of carbonyl (C=O) groups is 2. The van der Waals surface area contributed by atoms with Crippen molar-refractivity contribution in [2.75, 3.05) is 32.7 Å². The van der Waals surface area contributed by atoms with E-state index in [4.69, 9.17) is 4.74 Å². The number of aromatic nitrogens is 2. The first-order valence-electron chi connectivity index (χ1n) is 8.31. The molecule has 0 atom stereocenters. The van der Waals surface area contributed by atoms with Gasteiger partial charge in [-0.3, -0.25) is 14.4 Å². The predicted molar refractivity (Wildman–Crippen MR) is 92.2 cm³/mol. The molecule has 1 aromatic heterocycles. The smallest absolute Gasteiger partial charge is 0.410 e. The van der Waals surface area contributed by atoms with E-state index in [1.165, 1.54) is 0 Å². The summed E-state index contributed by atoms with van der Waals surface area (Å²) in [5.74, 6) is 0.0493. The van der Waals surface area contributed by atoms with Crippen LogP contribution in [0.3, 0.4) is 0 Å². The van der Waals surface area contributed by atoms with Crippen molar-refractivity contribution in [3.8, 4) is 0 Å². The number of ether oxygens (including phenoxy) is 1. The summed E-state index contributed by atoms with van der Waals surface area (Å²) in [7, 11) is 1.79. The van der Waals surface area contributed by atoms with Gasteiger partial charge >= 0.3 is 6.09 Å². The highest BCUT2D eigenvalue weighted by Crippen LogP contribution is 2.08. The second-order valence-electron chi connectivity index (χ2n) is 6.13. The highest BCUT2D eigenvalue weighted by atomic mass is 16.6. The van der Waals surface area contributed by atoms with E-state index < -0.39 is 0 Å². The van der Waals surface area contributed by atoms with Crippen LogP contribution in [0.4, 0.5) is 4.79 Å². The molecule has 132 valence electrons. The van der Waals surface area contributed by atoms with Crippen molar-refractivity contribution in [2.45, 2.75) is 6.61 Å². The van der Waals surface area contributed by atoms with Crippen molar-refractivity contribution >= 4 is 11.9 Å². The predicted octanol–water partition coefficient (Wildman–Crippen LogP) is 1.56. The summed E-state index contributed by atoms with van der Waals surface area (Å²) in [5.41, 5.74) is 1.59. The number of benzene rings is 1. The Morgan fingerprint density at radius 2 is 1.84 bits per heavy atom. The van der Waals surface area contributed by atoms with Crippen molar-refractivity contribution in [1.29, 1.82) is 0 Å². The second-order valence-corrected chi connectivity index (χ2v) is 6.13. The summed E-state index contributed by atoms with van der Waals surface area (Å²) in [6.07, 6.45) is 3.00. The summed E-state index contributed by atoms with van der Waals surface area (Å²) >= 11 is 0. The number of piperazine rings is 1. The number of aryl methyl sites for hydroxylation is 1. The van der Waals surface area contributed by atoms with E-state index in [0.717, 1.165) is 5.56 Å². The van der Waals surface area contributed by atoms with Gasteiger partial charge in [0, 0.05) is 39.4 Å². The highest BCUT2D eigenvalue weighted by molar-refractivity contribution is 5.97. The van der Waals surface area contributed by atoms with Crippen LogP contribution in [-0.4, -0.2) is 64.2 Å². The maximum Gasteiger partial charge on any atom is 0.410 e. The van der Waals surface area contributed by atoms with Crippen LogP contribution in [0.15, 0.2) is 42.7 Å². The Bertz CT molecular complexity index is 721. The lowest BCUT2D eigenvalue weighted by Gasteiger charge is -2.33. The lowest BCUT2D eigenvalue weighted by atomic mass is 10.2. The molecule has 1 amide bonds. The van der Waals surface area contributed by atoms with Crippen LogP contribution < -0.4 is 0 Å². The Balaban J connectivity index is 1.42. The Hall–Kier alpha value is -2.67. The molecule has 2 heterocycles. The van der Waals surface area contributed by atoms with Gasteiger partial charge in [-0.25, -0.2) is 4.79 Å². The van der Waals surface area contributed by atoms with Gasteiger partial charge in [0.25, 0.3) is 0 Å². The summed E-state index contributed by atoms with van der Waals surface area (Å²) in [6, 6.07) is 9.62. The Kier molecular flexibility index (Phi) is 5.45. The van der Waals surface area contributed by atoms with Crippen molar-refractivity contribution in [3.05, 3.63) is 53.9 Å². The van der Waals surface area contributed by atoms with Gasteiger partial charge in [0.2, 0.25) is 0 Å². The van der Waals surface area contributed by atoms with Gasteiger partial charge < -0.3 is 9.64 Å². The largest absolute Gasteiger partial charge is 0.445 e. The van der Waals surface area contributed by atoms with Crippen LogP contribution in [-0.2, 0) is 18.4 Å². The average molecular weight is 342 g/mol.